The van der Waals surface area contributed by atoms with E-state index in [9.17, 15) is 9.50 Å². The van der Waals surface area contributed by atoms with E-state index in [0.717, 1.165) is 5.56 Å². The summed E-state index contributed by atoms with van der Waals surface area (Å²) in [7, 11) is 0. The van der Waals surface area contributed by atoms with E-state index in [1.54, 1.807) is 12.1 Å². The minimum Gasteiger partial charge on any atom is -0.392 e. The van der Waals surface area contributed by atoms with Crippen LogP contribution in [0.5, 0.6) is 0 Å². The number of hydrogen-bond donors (Lipinski definition) is 2. The molecular weight excluding hydrogens is 273 g/mol. The fourth-order valence-corrected chi connectivity index (χ4v) is 2.53. The second kappa shape index (κ2) is 5.20. The SMILES string of the molecule is CC(C)(c1ccc(F)cc1)c1noc([C@@H]2C[C@@H](O)CN2)n1. The molecule has 2 heterocycles. The van der Waals surface area contributed by atoms with Crippen LogP contribution >= 0.6 is 0 Å². The number of β-amino-alcohol motifs (C(OH)–C–C–N with tert-alkyl or cyclic N) is 1. The van der Waals surface area contributed by atoms with Gasteiger partial charge in [-0.1, -0.05) is 17.3 Å². The number of hydrogen-bond acceptors (Lipinski definition) is 5. The Morgan fingerprint density at radius 2 is 2.05 bits per heavy atom. The summed E-state index contributed by atoms with van der Waals surface area (Å²) in [5.41, 5.74) is 0.433. The van der Waals surface area contributed by atoms with Gasteiger partial charge in [-0.25, -0.2) is 4.39 Å². The molecule has 112 valence electrons. The van der Waals surface area contributed by atoms with Crippen molar-refractivity contribution in [1.29, 1.82) is 0 Å². The van der Waals surface area contributed by atoms with Crippen LogP contribution in [0, 0.1) is 5.82 Å². The molecule has 2 N–H and O–H groups in total. The van der Waals surface area contributed by atoms with Gasteiger partial charge in [-0.2, -0.15) is 4.98 Å². The smallest absolute Gasteiger partial charge is 0.243 e. The van der Waals surface area contributed by atoms with Gasteiger partial charge in [0.2, 0.25) is 5.89 Å². The zero-order valence-electron chi connectivity index (χ0n) is 12.0. The quantitative estimate of drug-likeness (QED) is 0.904. The molecule has 5 nitrogen and oxygen atoms in total. The molecule has 2 aromatic rings. The van der Waals surface area contributed by atoms with Gasteiger partial charge in [0.1, 0.15) is 5.82 Å². The van der Waals surface area contributed by atoms with Gasteiger partial charge in [0.25, 0.3) is 0 Å². The first-order chi connectivity index (χ1) is 9.96. The van der Waals surface area contributed by atoms with E-state index in [2.05, 4.69) is 15.5 Å². The summed E-state index contributed by atoms with van der Waals surface area (Å²) in [6.45, 7) is 4.46. The molecule has 3 rings (SSSR count). The number of halogens is 1. The van der Waals surface area contributed by atoms with Crippen LogP contribution in [0.4, 0.5) is 4.39 Å². The molecule has 1 aromatic carbocycles. The average Bonchev–Trinajstić information content (AvgIpc) is 3.08. The summed E-state index contributed by atoms with van der Waals surface area (Å²) in [5, 5.41) is 16.7. The summed E-state index contributed by atoms with van der Waals surface area (Å²) in [5.74, 6) is 0.761. The summed E-state index contributed by atoms with van der Waals surface area (Å²) >= 11 is 0. The van der Waals surface area contributed by atoms with Crippen LogP contribution in [-0.2, 0) is 5.41 Å². The topological polar surface area (TPSA) is 71.2 Å². The van der Waals surface area contributed by atoms with E-state index in [-0.39, 0.29) is 18.0 Å². The van der Waals surface area contributed by atoms with Gasteiger partial charge >= 0.3 is 0 Å². The monoisotopic (exact) mass is 291 g/mol. The van der Waals surface area contributed by atoms with E-state index in [0.29, 0.717) is 24.7 Å². The lowest BCUT2D eigenvalue weighted by molar-refractivity contribution is 0.191. The Hall–Kier alpha value is -1.79. The Balaban J connectivity index is 1.86. The van der Waals surface area contributed by atoms with E-state index >= 15 is 0 Å². The van der Waals surface area contributed by atoms with Gasteiger partial charge in [-0.3, -0.25) is 0 Å². The summed E-state index contributed by atoms with van der Waals surface area (Å²) in [4.78, 5) is 4.45. The van der Waals surface area contributed by atoms with Crippen molar-refractivity contribution in [3.8, 4) is 0 Å². The largest absolute Gasteiger partial charge is 0.392 e. The van der Waals surface area contributed by atoms with Crippen molar-refractivity contribution >= 4 is 0 Å². The third-order valence-corrected chi connectivity index (χ3v) is 3.97. The molecule has 2 atom stereocenters. The molecule has 0 radical (unpaired) electrons. The lowest BCUT2D eigenvalue weighted by Gasteiger charge is -2.20. The van der Waals surface area contributed by atoms with Gasteiger partial charge in [0, 0.05) is 6.54 Å². The third kappa shape index (κ3) is 2.69. The fourth-order valence-electron chi connectivity index (χ4n) is 2.53. The van der Waals surface area contributed by atoms with Crippen LogP contribution in [0.25, 0.3) is 0 Å². The van der Waals surface area contributed by atoms with Gasteiger partial charge in [-0.05, 0) is 38.0 Å². The second-order valence-corrected chi connectivity index (χ2v) is 5.94. The standard InChI is InChI=1S/C15H18FN3O2/c1-15(2,9-3-5-10(16)6-4-9)14-18-13(21-19-14)12-7-11(20)8-17-12/h3-6,11-12,17,20H,7-8H2,1-2H3/t11-,12+/m1/s1. The lowest BCUT2D eigenvalue weighted by atomic mass is 9.84. The van der Waals surface area contributed by atoms with Gasteiger partial charge in [0.05, 0.1) is 17.6 Å². The Morgan fingerprint density at radius 1 is 1.33 bits per heavy atom. The maximum absolute atomic E-state index is 13.0. The zero-order valence-corrected chi connectivity index (χ0v) is 12.0. The van der Waals surface area contributed by atoms with E-state index in [1.165, 1.54) is 12.1 Å². The second-order valence-electron chi connectivity index (χ2n) is 5.94. The highest BCUT2D eigenvalue weighted by molar-refractivity contribution is 5.30. The number of rotatable bonds is 3. The molecule has 1 aliphatic heterocycles. The number of nitrogens with one attached hydrogen (secondary N) is 1. The van der Waals surface area contributed by atoms with Crippen molar-refractivity contribution in [2.45, 2.75) is 37.8 Å². The Labute approximate surface area is 122 Å². The van der Waals surface area contributed by atoms with Crippen LogP contribution in [-0.4, -0.2) is 27.9 Å². The average molecular weight is 291 g/mol. The normalized spacial score (nSPS) is 22.7. The summed E-state index contributed by atoms with van der Waals surface area (Å²) in [6.07, 6.45) is 0.189. The third-order valence-electron chi connectivity index (χ3n) is 3.97. The van der Waals surface area contributed by atoms with Crippen LogP contribution < -0.4 is 5.32 Å². The maximum atomic E-state index is 13.0. The molecular formula is C15H18FN3O2. The molecule has 6 heteroatoms. The molecule has 1 aliphatic rings. The molecule has 0 aliphatic carbocycles. The first-order valence-corrected chi connectivity index (χ1v) is 6.98. The molecule has 0 unspecified atom stereocenters. The van der Waals surface area contributed by atoms with Crippen molar-refractivity contribution in [3.05, 3.63) is 47.4 Å². The van der Waals surface area contributed by atoms with Crippen LogP contribution in [0.2, 0.25) is 0 Å². The van der Waals surface area contributed by atoms with E-state index in [1.807, 2.05) is 13.8 Å². The number of aliphatic hydroxyl groups is 1. The van der Waals surface area contributed by atoms with Crippen molar-refractivity contribution < 1.29 is 14.0 Å². The van der Waals surface area contributed by atoms with Gasteiger partial charge in [0.15, 0.2) is 5.82 Å². The van der Waals surface area contributed by atoms with Crippen molar-refractivity contribution in [2.24, 2.45) is 0 Å². The van der Waals surface area contributed by atoms with E-state index in [4.69, 9.17) is 4.52 Å². The Kier molecular flexibility index (Phi) is 3.51. The summed E-state index contributed by atoms with van der Waals surface area (Å²) in [6, 6.07) is 6.19. The van der Waals surface area contributed by atoms with E-state index < -0.39 is 5.41 Å². The molecule has 0 spiro atoms. The maximum Gasteiger partial charge on any atom is 0.243 e. The fraction of sp³-hybridized carbons (Fsp3) is 0.467. The highest BCUT2D eigenvalue weighted by atomic mass is 19.1. The van der Waals surface area contributed by atoms with Crippen LogP contribution in [0.15, 0.2) is 28.8 Å². The zero-order chi connectivity index (χ0) is 15.0. The molecule has 0 bridgehead atoms. The van der Waals surface area contributed by atoms with Crippen molar-refractivity contribution in [1.82, 2.24) is 15.5 Å². The number of benzene rings is 1. The highest BCUT2D eigenvalue weighted by Crippen LogP contribution is 2.31. The number of aromatic nitrogens is 2. The Bertz CT molecular complexity index is 624. The molecule has 21 heavy (non-hydrogen) atoms. The minimum absolute atomic E-state index is 0.106. The molecule has 1 fully saturated rings. The Morgan fingerprint density at radius 3 is 2.67 bits per heavy atom. The van der Waals surface area contributed by atoms with Crippen molar-refractivity contribution in [2.75, 3.05) is 6.54 Å². The van der Waals surface area contributed by atoms with Crippen LogP contribution in [0.1, 0.15) is 43.6 Å². The predicted octanol–water partition coefficient (Wildman–Crippen LogP) is 1.93. The first-order valence-electron chi connectivity index (χ1n) is 6.98. The molecule has 1 saturated heterocycles. The number of nitrogens with zero attached hydrogens (tertiary/aromatic N) is 2. The molecule has 1 aromatic heterocycles. The predicted molar refractivity (Wildman–Crippen MR) is 74.2 cm³/mol. The highest BCUT2D eigenvalue weighted by Gasteiger charge is 2.33. The van der Waals surface area contributed by atoms with Gasteiger partial charge in [-0.15, -0.1) is 0 Å². The molecule has 0 saturated carbocycles. The first kappa shape index (κ1) is 14.2. The number of aliphatic hydroxyl groups excluding tert-OH is 1. The summed E-state index contributed by atoms with van der Waals surface area (Å²) < 4.78 is 18.4. The molecule has 0 amide bonds. The minimum atomic E-state index is -0.479. The lowest BCUT2D eigenvalue weighted by Crippen LogP contribution is -2.21. The van der Waals surface area contributed by atoms with Crippen molar-refractivity contribution in [3.63, 3.8) is 0 Å². The van der Waals surface area contributed by atoms with Crippen LogP contribution in [0.3, 0.4) is 0 Å². The van der Waals surface area contributed by atoms with Gasteiger partial charge < -0.3 is 14.9 Å².